The van der Waals surface area contributed by atoms with Gasteiger partial charge in [-0.3, -0.25) is 4.79 Å². The van der Waals surface area contributed by atoms with Crippen LogP contribution in [0.4, 0.5) is 5.69 Å². The third-order valence-corrected chi connectivity index (χ3v) is 7.63. The maximum atomic E-state index is 13.2. The van der Waals surface area contributed by atoms with Crippen molar-refractivity contribution in [3.63, 3.8) is 0 Å². The predicted molar refractivity (Wildman–Crippen MR) is 132 cm³/mol. The number of sulfonamides is 1. The Labute approximate surface area is 200 Å². The van der Waals surface area contributed by atoms with E-state index in [-0.39, 0.29) is 17.3 Å². The molecule has 0 radical (unpaired) electrons. The molecule has 1 N–H and O–H groups in total. The molecule has 4 rings (SSSR count). The van der Waals surface area contributed by atoms with Gasteiger partial charge in [0.2, 0.25) is 10.0 Å². The van der Waals surface area contributed by atoms with Crippen LogP contribution >= 0.6 is 0 Å². The van der Waals surface area contributed by atoms with Crippen LogP contribution in [0.3, 0.4) is 0 Å². The van der Waals surface area contributed by atoms with Crippen molar-refractivity contribution in [3.8, 4) is 22.6 Å². The standard InChI is InChI=1S/C26H28N2O5S/c1-32-24-15-14-21(18-25(24)34(30,31)28-16-8-3-9-17-28)27-26(29)19-33-23-13-7-6-12-22(23)20-10-4-2-5-11-20/h2,4-7,10-15,18H,3,8-9,16-17,19H2,1H3,(H,27,29). The Kier molecular flexibility index (Phi) is 7.49. The lowest BCUT2D eigenvalue weighted by Gasteiger charge is -2.26. The van der Waals surface area contributed by atoms with Crippen LogP contribution in [0.25, 0.3) is 11.1 Å². The molecule has 1 saturated heterocycles. The van der Waals surface area contributed by atoms with Crippen LogP contribution in [0.5, 0.6) is 11.5 Å². The third kappa shape index (κ3) is 5.40. The normalized spacial score (nSPS) is 14.4. The summed E-state index contributed by atoms with van der Waals surface area (Å²) in [4.78, 5) is 12.7. The highest BCUT2D eigenvalue weighted by Crippen LogP contribution is 2.32. The van der Waals surface area contributed by atoms with E-state index in [4.69, 9.17) is 9.47 Å². The van der Waals surface area contributed by atoms with Crippen molar-refractivity contribution < 1.29 is 22.7 Å². The number of amides is 1. The number of nitrogens with zero attached hydrogens (tertiary/aromatic N) is 1. The van der Waals surface area contributed by atoms with Gasteiger partial charge in [0.15, 0.2) is 6.61 Å². The Hall–Kier alpha value is -3.36. The molecule has 0 aliphatic carbocycles. The molecule has 1 aliphatic heterocycles. The van der Waals surface area contributed by atoms with Crippen LogP contribution in [0.15, 0.2) is 77.7 Å². The van der Waals surface area contributed by atoms with Gasteiger partial charge < -0.3 is 14.8 Å². The second-order valence-electron chi connectivity index (χ2n) is 8.03. The minimum absolute atomic E-state index is 0.0463. The highest BCUT2D eigenvalue weighted by atomic mass is 32.2. The Morgan fingerprint density at radius 3 is 2.35 bits per heavy atom. The molecule has 3 aromatic carbocycles. The monoisotopic (exact) mass is 480 g/mol. The van der Waals surface area contributed by atoms with Crippen molar-refractivity contribution in [2.45, 2.75) is 24.2 Å². The van der Waals surface area contributed by atoms with E-state index in [0.29, 0.717) is 24.5 Å². The molecule has 3 aromatic rings. The zero-order valence-corrected chi connectivity index (χ0v) is 19.9. The first-order valence-electron chi connectivity index (χ1n) is 11.2. The highest BCUT2D eigenvalue weighted by Gasteiger charge is 2.29. The summed E-state index contributed by atoms with van der Waals surface area (Å²) in [5, 5.41) is 2.74. The molecule has 1 heterocycles. The number of methoxy groups -OCH3 is 1. The van der Waals surface area contributed by atoms with Gasteiger partial charge in [0.05, 0.1) is 7.11 Å². The number of piperidine rings is 1. The molecule has 1 fully saturated rings. The first-order chi connectivity index (χ1) is 16.5. The number of hydrogen-bond donors (Lipinski definition) is 1. The molecule has 0 saturated carbocycles. The van der Waals surface area contributed by atoms with Gasteiger partial charge in [0.25, 0.3) is 5.91 Å². The van der Waals surface area contributed by atoms with Crippen LogP contribution in [0.2, 0.25) is 0 Å². The van der Waals surface area contributed by atoms with Crippen molar-refractivity contribution in [3.05, 3.63) is 72.8 Å². The fraction of sp³-hybridized carbons (Fsp3) is 0.269. The number of ether oxygens (including phenoxy) is 2. The van der Waals surface area contributed by atoms with E-state index < -0.39 is 15.9 Å². The van der Waals surface area contributed by atoms with Gasteiger partial charge >= 0.3 is 0 Å². The maximum absolute atomic E-state index is 13.2. The van der Waals surface area contributed by atoms with E-state index in [1.54, 1.807) is 12.1 Å². The minimum atomic E-state index is -3.73. The molecule has 1 amide bonds. The average molecular weight is 481 g/mol. The van der Waals surface area contributed by atoms with E-state index in [0.717, 1.165) is 30.4 Å². The third-order valence-electron chi connectivity index (χ3n) is 5.71. The van der Waals surface area contributed by atoms with Crippen molar-refractivity contribution >= 4 is 21.6 Å². The fourth-order valence-corrected chi connectivity index (χ4v) is 5.69. The number of anilines is 1. The Morgan fingerprint density at radius 2 is 1.62 bits per heavy atom. The van der Waals surface area contributed by atoms with Crippen LogP contribution in [0.1, 0.15) is 19.3 Å². The Balaban J connectivity index is 1.48. The highest BCUT2D eigenvalue weighted by molar-refractivity contribution is 7.89. The van der Waals surface area contributed by atoms with Gasteiger partial charge in [-0.1, -0.05) is 55.0 Å². The zero-order valence-electron chi connectivity index (χ0n) is 19.1. The van der Waals surface area contributed by atoms with E-state index in [1.807, 2.05) is 54.6 Å². The van der Waals surface area contributed by atoms with Crippen molar-refractivity contribution in [1.29, 1.82) is 0 Å². The molecule has 0 unspecified atom stereocenters. The van der Waals surface area contributed by atoms with Gasteiger partial charge in [0.1, 0.15) is 16.4 Å². The summed E-state index contributed by atoms with van der Waals surface area (Å²) in [6, 6.07) is 21.9. The van der Waals surface area contributed by atoms with E-state index in [9.17, 15) is 13.2 Å². The largest absolute Gasteiger partial charge is 0.495 e. The van der Waals surface area contributed by atoms with E-state index >= 15 is 0 Å². The van der Waals surface area contributed by atoms with Gasteiger partial charge in [0, 0.05) is 24.3 Å². The summed E-state index contributed by atoms with van der Waals surface area (Å²) in [7, 11) is -2.30. The minimum Gasteiger partial charge on any atom is -0.495 e. The number of para-hydroxylation sites is 1. The average Bonchev–Trinajstić information content (AvgIpc) is 2.88. The lowest BCUT2D eigenvalue weighted by Crippen LogP contribution is -2.35. The van der Waals surface area contributed by atoms with Gasteiger partial charge in [-0.25, -0.2) is 8.42 Å². The van der Waals surface area contributed by atoms with Crippen molar-refractivity contribution in [1.82, 2.24) is 4.31 Å². The molecule has 0 aromatic heterocycles. The number of nitrogens with one attached hydrogen (secondary N) is 1. The Bertz CT molecular complexity index is 1240. The number of hydrogen-bond acceptors (Lipinski definition) is 5. The topological polar surface area (TPSA) is 84.9 Å². The summed E-state index contributed by atoms with van der Waals surface area (Å²) in [5.41, 5.74) is 2.23. The first-order valence-corrected chi connectivity index (χ1v) is 12.7. The van der Waals surface area contributed by atoms with Crippen LogP contribution < -0.4 is 14.8 Å². The maximum Gasteiger partial charge on any atom is 0.262 e. The summed E-state index contributed by atoms with van der Waals surface area (Å²) in [6.07, 6.45) is 2.69. The van der Waals surface area contributed by atoms with Crippen LogP contribution in [-0.2, 0) is 14.8 Å². The molecule has 7 nitrogen and oxygen atoms in total. The number of carbonyl (C=O) groups is 1. The number of rotatable bonds is 8. The van der Waals surface area contributed by atoms with Crippen LogP contribution in [0, 0.1) is 0 Å². The second-order valence-corrected chi connectivity index (χ2v) is 9.94. The number of benzene rings is 3. The number of carbonyl (C=O) groups excluding carboxylic acids is 1. The lowest BCUT2D eigenvalue weighted by atomic mass is 10.1. The van der Waals surface area contributed by atoms with Crippen molar-refractivity contribution in [2.24, 2.45) is 0 Å². The summed E-state index contributed by atoms with van der Waals surface area (Å²) in [5.74, 6) is 0.443. The predicted octanol–water partition coefficient (Wildman–Crippen LogP) is 4.55. The van der Waals surface area contributed by atoms with Gasteiger partial charge in [-0.05, 0) is 42.7 Å². The first kappa shape index (κ1) is 23.8. The van der Waals surface area contributed by atoms with Crippen LogP contribution in [-0.4, -0.2) is 45.4 Å². The van der Waals surface area contributed by atoms with Crippen molar-refractivity contribution in [2.75, 3.05) is 32.1 Å². The summed E-state index contributed by atoms with van der Waals surface area (Å²) in [6.45, 7) is 0.748. The molecule has 178 valence electrons. The van der Waals surface area contributed by atoms with E-state index in [2.05, 4.69) is 5.32 Å². The SMILES string of the molecule is COc1ccc(NC(=O)COc2ccccc2-c2ccccc2)cc1S(=O)(=O)N1CCCCC1. The molecule has 1 aliphatic rings. The molecule has 34 heavy (non-hydrogen) atoms. The Morgan fingerprint density at radius 1 is 0.912 bits per heavy atom. The van der Waals surface area contributed by atoms with Gasteiger partial charge in [-0.15, -0.1) is 0 Å². The lowest BCUT2D eigenvalue weighted by molar-refractivity contribution is -0.118. The summed E-state index contributed by atoms with van der Waals surface area (Å²) >= 11 is 0. The molecule has 0 bridgehead atoms. The second kappa shape index (κ2) is 10.7. The molecular weight excluding hydrogens is 452 g/mol. The van der Waals surface area contributed by atoms with Gasteiger partial charge in [-0.2, -0.15) is 4.31 Å². The molecule has 8 heteroatoms. The summed E-state index contributed by atoms with van der Waals surface area (Å²) < 4.78 is 39.0. The quantitative estimate of drug-likeness (QED) is 0.511. The molecule has 0 spiro atoms. The smallest absolute Gasteiger partial charge is 0.262 e. The van der Waals surface area contributed by atoms with E-state index in [1.165, 1.54) is 17.5 Å². The zero-order chi connectivity index (χ0) is 24.0. The molecule has 0 atom stereocenters. The fourth-order valence-electron chi connectivity index (χ4n) is 3.99. The molecular formula is C26H28N2O5S.